The van der Waals surface area contributed by atoms with Crippen LogP contribution in [0.4, 0.5) is 0 Å². The zero-order valence-electron chi connectivity index (χ0n) is 10.1. The minimum atomic E-state index is -0.704. The maximum absolute atomic E-state index is 11.2. The van der Waals surface area contributed by atoms with Crippen molar-refractivity contribution in [3.63, 3.8) is 0 Å². The molecule has 0 aromatic carbocycles. The van der Waals surface area contributed by atoms with E-state index in [1.165, 1.54) is 0 Å². The van der Waals surface area contributed by atoms with Crippen molar-refractivity contribution in [3.8, 4) is 0 Å². The molecule has 1 fully saturated rings. The molecule has 0 radical (unpaired) electrons. The smallest absolute Gasteiger partial charge is 0.265 e. The van der Waals surface area contributed by atoms with Crippen molar-refractivity contribution in [3.05, 3.63) is 29.6 Å². The number of carbonyl (C=O) groups is 1. The number of carbonyl (C=O) groups excluding carboxylic acids is 1. The van der Waals surface area contributed by atoms with Crippen molar-refractivity contribution >= 4 is 5.91 Å². The van der Waals surface area contributed by atoms with Crippen LogP contribution in [-0.2, 0) is 4.74 Å². The molecule has 0 bridgehead atoms. The quantitative estimate of drug-likeness (QED) is 0.603. The van der Waals surface area contributed by atoms with Gasteiger partial charge in [-0.3, -0.25) is 4.79 Å². The van der Waals surface area contributed by atoms with Gasteiger partial charge in [0.25, 0.3) is 12.1 Å². The number of aryl methyl sites for hydroxylation is 1. The number of rotatable bonds is 3. The van der Waals surface area contributed by atoms with Crippen LogP contribution in [0.15, 0.2) is 18.5 Å². The maximum Gasteiger partial charge on any atom is 0.265 e. The van der Waals surface area contributed by atoms with Crippen LogP contribution in [-0.4, -0.2) is 34.9 Å². The molecule has 0 saturated carbocycles. The lowest BCUT2D eigenvalue weighted by Crippen LogP contribution is -2.40. The van der Waals surface area contributed by atoms with E-state index in [9.17, 15) is 9.90 Å². The number of amides is 1. The summed E-state index contributed by atoms with van der Waals surface area (Å²) in [7, 11) is 0. The number of hydrogen-bond donors (Lipinski definition) is 3. The van der Waals surface area contributed by atoms with Crippen LogP contribution in [0.1, 0.15) is 28.6 Å². The second-order valence-corrected chi connectivity index (χ2v) is 4.53. The lowest BCUT2D eigenvalue weighted by molar-refractivity contribution is -0.759. The molecule has 3 atom stereocenters. The first-order valence-corrected chi connectivity index (χ1v) is 5.78. The largest absolute Gasteiger partial charge is 0.394 e. The Morgan fingerprint density at radius 1 is 1.61 bits per heavy atom. The van der Waals surface area contributed by atoms with E-state index in [0.717, 1.165) is 5.56 Å². The van der Waals surface area contributed by atoms with E-state index in [2.05, 4.69) is 0 Å². The molecule has 1 aromatic rings. The molecule has 1 aliphatic heterocycles. The molecule has 1 amide bonds. The Kier molecular flexibility index (Phi) is 3.60. The fraction of sp³-hybridized carbons (Fsp3) is 0.500. The lowest BCUT2D eigenvalue weighted by Gasteiger charge is -2.09. The molecule has 6 heteroatoms. The maximum atomic E-state index is 11.2. The van der Waals surface area contributed by atoms with E-state index < -0.39 is 24.3 Å². The average molecular weight is 253 g/mol. The first-order chi connectivity index (χ1) is 8.51. The van der Waals surface area contributed by atoms with E-state index >= 15 is 0 Å². The topological polar surface area (TPSA) is 96.7 Å². The highest BCUT2D eigenvalue weighted by atomic mass is 16.5. The summed E-state index contributed by atoms with van der Waals surface area (Å²) in [6.07, 6.45) is 2.09. The normalized spacial score (nSPS) is 27.4. The number of nitrogens with two attached hydrogens (primary N) is 1. The van der Waals surface area contributed by atoms with Crippen molar-refractivity contribution in [2.24, 2.45) is 5.73 Å². The van der Waals surface area contributed by atoms with Crippen molar-refractivity contribution in [1.82, 2.24) is 0 Å². The highest BCUT2D eigenvalue weighted by Gasteiger charge is 2.39. The summed E-state index contributed by atoms with van der Waals surface area (Å²) in [5.41, 5.74) is 6.51. The van der Waals surface area contributed by atoms with E-state index in [4.69, 9.17) is 15.6 Å². The van der Waals surface area contributed by atoms with Crippen LogP contribution in [0.2, 0.25) is 0 Å². The third-order valence-electron chi connectivity index (χ3n) is 3.03. The van der Waals surface area contributed by atoms with Gasteiger partial charge < -0.3 is 20.7 Å². The number of aliphatic hydroxyl groups excluding tert-OH is 2. The van der Waals surface area contributed by atoms with Gasteiger partial charge in [0.05, 0.1) is 19.1 Å². The van der Waals surface area contributed by atoms with Gasteiger partial charge in [-0.2, -0.15) is 4.57 Å². The monoisotopic (exact) mass is 253 g/mol. The molecule has 2 rings (SSSR count). The number of hydrogen-bond acceptors (Lipinski definition) is 4. The number of nitrogens with zero attached hydrogens (tertiary/aromatic N) is 1. The highest BCUT2D eigenvalue weighted by molar-refractivity contribution is 5.92. The second-order valence-electron chi connectivity index (χ2n) is 4.53. The molecule has 6 nitrogen and oxygen atoms in total. The fourth-order valence-corrected chi connectivity index (χ4v) is 2.12. The van der Waals surface area contributed by atoms with Crippen LogP contribution in [0.3, 0.4) is 0 Å². The molecule has 1 saturated heterocycles. The summed E-state index contributed by atoms with van der Waals surface area (Å²) < 4.78 is 7.21. The van der Waals surface area contributed by atoms with Crippen molar-refractivity contribution in [1.29, 1.82) is 0 Å². The molecule has 0 aliphatic carbocycles. The first-order valence-electron chi connectivity index (χ1n) is 5.78. The van der Waals surface area contributed by atoms with Gasteiger partial charge in [0.1, 0.15) is 11.7 Å². The van der Waals surface area contributed by atoms with Gasteiger partial charge in [-0.05, 0) is 13.0 Å². The van der Waals surface area contributed by atoms with Crippen LogP contribution < -0.4 is 10.3 Å². The molecular weight excluding hydrogens is 236 g/mol. The minimum absolute atomic E-state index is 0.229. The summed E-state index contributed by atoms with van der Waals surface area (Å²) in [6, 6.07) is 1.69. The molecule has 4 N–H and O–H groups in total. The molecule has 1 aromatic heterocycles. The van der Waals surface area contributed by atoms with Gasteiger partial charge in [-0.25, -0.2) is 0 Å². The number of primary amides is 1. The zero-order valence-corrected chi connectivity index (χ0v) is 10.1. The predicted octanol–water partition coefficient (Wildman–Crippen LogP) is -0.978. The Balaban J connectivity index is 2.26. The lowest BCUT2D eigenvalue weighted by atomic mass is 10.1. The highest BCUT2D eigenvalue weighted by Crippen LogP contribution is 2.24. The van der Waals surface area contributed by atoms with Gasteiger partial charge in [0, 0.05) is 5.56 Å². The van der Waals surface area contributed by atoms with Crippen molar-refractivity contribution in [2.45, 2.75) is 31.8 Å². The Labute approximate surface area is 105 Å². The van der Waals surface area contributed by atoms with Crippen molar-refractivity contribution < 1.29 is 24.3 Å². The van der Waals surface area contributed by atoms with Crippen LogP contribution in [0, 0.1) is 6.92 Å². The molecule has 18 heavy (non-hydrogen) atoms. The van der Waals surface area contributed by atoms with E-state index in [1.807, 2.05) is 13.1 Å². The Morgan fingerprint density at radius 2 is 2.33 bits per heavy atom. The zero-order chi connectivity index (χ0) is 13.3. The summed E-state index contributed by atoms with van der Waals surface area (Å²) in [5.74, 6) is -0.510. The third-order valence-corrected chi connectivity index (χ3v) is 3.03. The molecule has 98 valence electrons. The van der Waals surface area contributed by atoms with Crippen LogP contribution in [0.5, 0.6) is 0 Å². The first kappa shape index (κ1) is 12.9. The van der Waals surface area contributed by atoms with Gasteiger partial charge in [-0.15, -0.1) is 0 Å². The number of pyridine rings is 1. The Bertz CT molecular complexity index is 463. The molecule has 2 heterocycles. The number of aromatic nitrogens is 1. The van der Waals surface area contributed by atoms with Gasteiger partial charge in [0.15, 0.2) is 12.4 Å². The summed E-state index contributed by atoms with van der Waals surface area (Å²) in [6.45, 7) is 1.62. The van der Waals surface area contributed by atoms with E-state index in [-0.39, 0.29) is 6.61 Å². The van der Waals surface area contributed by atoms with Crippen LogP contribution >= 0.6 is 0 Å². The Hall–Kier alpha value is -1.50. The third kappa shape index (κ3) is 2.50. The van der Waals surface area contributed by atoms with Crippen molar-refractivity contribution in [2.75, 3.05) is 6.61 Å². The summed E-state index contributed by atoms with van der Waals surface area (Å²) in [4.78, 5) is 11.2. The molecule has 0 spiro atoms. The number of ether oxygens (including phenoxy) is 1. The number of aliphatic hydroxyl groups is 2. The summed E-state index contributed by atoms with van der Waals surface area (Å²) >= 11 is 0. The van der Waals surface area contributed by atoms with Gasteiger partial charge in [0.2, 0.25) is 0 Å². The average Bonchev–Trinajstić information content (AvgIpc) is 2.69. The van der Waals surface area contributed by atoms with E-state index in [1.54, 1.807) is 16.8 Å². The molecule has 1 aliphatic rings. The van der Waals surface area contributed by atoms with Crippen LogP contribution in [0.25, 0.3) is 0 Å². The Morgan fingerprint density at radius 3 is 2.89 bits per heavy atom. The second kappa shape index (κ2) is 5.01. The predicted molar refractivity (Wildman–Crippen MR) is 61.5 cm³/mol. The fourth-order valence-electron chi connectivity index (χ4n) is 2.12. The van der Waals surface area contributed by atoms with E-state index in [0.29, 0.717) is 12.0 Å². The van der Waals surface area contributed by atoms with Gasteiger partial charge in [-0.1, -0.05) is 0 Å². The molecule has 0 unspecified atom stereocenters. The minimum Gasteiger partial charge on any atom is -0.394 e. The SMILES string of the molecule is Cc1cc(C(N)=O)c[n+]([C@H]2C[C@H](O)[C@@H](CO)O2)c1. The molecular formula is C12H17N2O4+. The summed E-state index contributed by atoms with van der Waals surface area (Å²) in [5, 5.41) is 18.7. The standard InChI is InChI=1S/C12H16N2O4/c1-7-2-8(12(13)17)5-14(4-7)11-3-9(16)10(6-15)18-11/h2,4-5,9-11,15-16H,3,6H2,1H3,(H-,13,17)/p+1/t9-,10+,11+/m0/s1. The van der Waals surface area contributed by atoms with Gasteiger partial charge >= 0.3 is 0 Å².